The summed E-state index contributed by atoms with van der Waals surface area (Å²) in [5.41, 5.74) is 6.48. The monoisotopic (exact) mass is 291 g/mol. The van der Waals surface area contributed by atoms with Gasteiger partial charge in [-0.1, -0.05) is 11.6 Å². The van der Waals surface area contributed by atoms with Crippen LogP contribution in [0.15, 0.2) is 18.2 Å². The third-order valence-electron chi connectivity index (χ3n) is 2.40. The van der Waals surface area contributed by atoms with Crippen LogP contribution in [-0.4, -0.2) is 26.4 Å². The van der Waals surface area contributed by atoms with Crippen LogP contribution in [0.5, 0.6) is 0 Å². The maximum atomic E-state index is 12.2. The molecule has 1 aromatic carbocycles. The molecule has 0 aliphatic heterocycles. The topological polar surface area (TPSA) is 69.6 Å². The number of hydrogen-bond acceptors (Lipinski definition) is 4. The molecule has 19 heavy (non-hydrogen) atoms. The van der Waals surface area contributed by atoms with Crippen molar-refractivity contribution >= 4 is 17.3 Å². The van der Waals surface area contributed by atoms with Gasteiger partial charge in [0.1, 0.15) is 0 Å². The number of aryl methyl sites for hydroxylation is 1. The molecule has 102 valence electrons. The van der Waals surface area contributed by atoms with E-state index in [1.165, 1.54) is 6.07 Å². The Kier molecular flexibility index (Phi) is 3.61. The van der Waals surface area contributed by atoms with Gasteiger partial charge in [-0.2, -0.15) is 13.2 Å². The maximum Gasteiger partial charge on any atom is 0.390 e. The van der Waals surface area contributed by atoms with Gasteiger partial charge >= 0.3 is 6.18 Å². The number of aromatic nitrogens is 4. The van der Waals surface area contributed by atoms with Crippen molar-refractivity contribution < 1.29 is 13.2 Å². The Labute approximate surface area is 111 Å². The molecule has 2 rings (SSSR count). The molecule has 0 spiro atoms. The van der Waals surface area contributed by atoms with Gasteiger partial charge in [-0.3, -0.25) is 0 Å². The van der Waals surface area contributed by atoms with Crippen molar-refractivity contribution in [3.63, 3.8) is 0 Å². The van der Waals surface area contributed by atoms with Crippen molar-refractivity contribution in [1.82, 2.24) is 20.2 Å². The highest BCUT2D eigenvalue weighted by Gasteiger charge is 2.27. The standard InChI is InChI=1S/C10H9ClF3N5/c11-6-1-2-8(15)7(5-6)9-16-17-18-19(9)4-3-10(12,13)14/h1-2,5H,3-4,15H2. The maximum absolute atomic E-state index is 12.2. The quantitative estimate of drug-likeness (QED) is 0.882. The molecular formula is C10H9ClF3N5. The third kappa shape index (κ3) is 3.34. The molecule has 0 aliphatic carbocycles. The predicted molar refractivity (Wildman–Crippen MR) is 63.3 cm³/mol. The lowest BCUT2D eigenvalue weighted by molar-refractivity contribution is -0.137. The zero-order valence-corrected chi connectivity index (χ0v) is 10.3. The molecule has 0 atom stereocenters. The molecule has 2 aromatic rings. The molecule has 1 heterocycles. The predicted octanol–water partition coefficient (Wildman–Crippen LogP) is 2.53. The lowest BCUT2D eigenvalue weighted by Gasteiger charge is -2.09. The van der Waals surface area contributed by atoms with E-state index in [-0.39, 0.29) is 12.4 Å². The van der Waals surface area contributed by atoms with E-state index in [9.17, 15) is 13.2 Å². The van der Waals surface area contributed by atoms with Crippen molar-refractivity contribution in [2.45, 2.75) is 19.1 Å². The normalized spacial score (nSPS) is 11.8. The number of nitrogens with two attached hydrogens (primary N) is 1. The number of anilines is 1. The number of benzene rings is 1. The molecule has 1 aromatic heterocycles. The molecule has 5 nitrogen and oxygen atoms in total. The summed E-state index contributed by atoms with van der Waals surface area (Å²) in [5, 5.41) is 11.0. The van der Waals surface area contributed by atoms with Crippen LogP contribution in [0.4, 0.5) is 18.9 Å². The largest absolute Gasteiger partial charge is 0.398 e. The molecule has 0 amide bonds. The number of rotatable bonds is 3. The minimum Gasteiger partial charge on any atom is -0.398 e. The molecule has 9 heteroatoms. The summed E-state index contributed by atoms with van der Waals surface area (Å²) in [6, 6.07) is 4.62. The summed E-state index contributed by atoms with van der Waals surface area (Å²) < 4.78 is 37.6. The van der Waals surface area contributed by atoms with E-state index in [0.717, 1.165) is 4.68 Å². The molecule has 0 fully saturated rings. The molecule has 0 unspecified atom stereocenters. The Morgan fingerprint density at radius 3 is 2.74 bits per heavy atom. The van der Waals surface area contributed by atoms with Gasteiger partial charge in [0, 0.05) is 16.3 Å². The van der Waals surface area contributed by atoms with Crippen LogP contribution in [0.3, 0.4) is 0 Å². The first-order valence-electron chi connectivity index (χ1n) is 5.25. The summed E-state index contributed by atoms with van der Waals surface area (Å²) in [6.45, 7) is -0.377. The van der Waals surface area contributed by atoms with Crippen molar-refractivity contribution in [3.05, 3.63) is 23.2 Å². The van der Waals surface area contributed by atoms with Crippen LogP contribution in [0.25, 0.3) is 11.4 Å². The van der Waals surface area contributed by atoms with Crippen LogP contribution in [-0.2, 0) is 6.54 Å². The fraction of sp³-hybridized carbons (Fsp3) is 0.300. The van der Waals surface area contributed by atoms with Crippen molar-refractivity contribution in [1.29, 1.82) is 0 Å². The molecule has 0 saturated heterocycles. The first-order valence-corrected chi connectivity index (χ1v) is 5.63. The highest BCUT2D eigenvalue weighted by molar-refractivity contribution is 6.31. The van der Waals surface area contributed by atoms with E-state index in [4.69, 9.17) is 17.3 Å². The Morgan fingerprint density at radius 2 is 2.05 bits per heavy atom. The summed E-state index contributed by atoms with van der Waals surface area (Å²) in [5.74, 6) is 0.157. The molecule has 2 N–H and O–H groups in total. The zero-order chi connectivity index (χ0) is 14.0. The molecule has 0 aliphatic rings. The Bertz CT molecular complexity index is 581. The zero-order valence-electron chi connectivity index (χ0n) is 9.52. The van der Waals surface area contributed by atoms with Crippen molar-refractivity contribution in [2.24, 2.45) is 0 Å². The highest BCUT2D eigenvalue weighted by Crippen LogP contribution is 2.28. The third-order valence-corrected chi connectivity index (χ3v) is 2.63. The van der Waals surface area contributed by atoms with Crippen LogP contribution < -0.4 is 5.73 Å². The average molecular weight is 292 g/mol. The Balaban J connectivity index is 2.31. The van der Waals surface area contributed by atoms with Gasteiger partial charge in [-0.05, 0) is 28.6 Å². The van der Waals surface area contributed by atoms with E-state index in [1.807, 2.05) is 0 Å². The number of nitrogens with zero attached hydrogens (tertiary/aromatic N) is 4. The second-order valence-electron chi connectivity index (χ2n) is 3.82. The van der Waals surface area contributed by atoms with Gasteiger partial charge in [0.05, 0.1) is 13.0 Å². The minimum absolute atomic E-state index is 0.157. The van der Waals surface area contributed by atoms with Crippen LogP contribution in [0.2, 0.25) is 5.02 Å². The summed E-state index contributed by atoms with van der Waals surface area (Å²) in [4.78, 5) is 0. The first kappa shape index (κ1) is 13.6. The number of alkyl halides is 3. The Hall–Kier alpha value is -1.83. The SMILES string of the molecule is Nc1ccc(Cl)cc1-c1nnnn1CCC(F)(F)F. The van der Waals surface area contributed by atoms with Gasteiger partial charge in [0.25, 0.3) is 0 Å². The molecular weight excluding hydrogens is 283 g/mol. The summed E-state index contributed by atoms with van der Waals surface area (Å²) >= 11 is 5.82. The van der Waals surface area contributed by atoms with Gasteiger partial charge in [0.2, 0.25) is 0 Å². The van der Waals surface area contributed by atoms with Gasteiger partial charge in [-0.15, -0.1) is 5.10 Å². The van der Waals surface area contributed by atoms with E-state index in [0.29, 0.717) is 16.3 Å². The minimum atomic E-state index is -4.27. The fourth-order valence-electron chi connectivity index (χ4n) is 1.50. The fourth-order valence-corrected chi connectivity index (χ4v) is 1.68. The highest BCUT2D eigenvalue weighted by atomic mass is 35.5. The Morgan fingerprint density at radius 1 is 1.32 bits per heavy atom. The average Bonchev–Trinajstić information content (AvgIpc) is 2.77. The van der Waals surface area contributed by atoms with E-state index < -0.39 is 12.6 Å². The summed E-state index contributed by atoms with van der Waals surface area (Å²) in [6.07, 6.45) is -5.30. The van der Waals surface area contributed by atoms with Gasteiger partial charge < -0.3 is 5.73 Å². The summed E-state index contributed by atoms with van der Waals surface area (Å²) in [7, 11) is 0. The van der Waals surface area contributed by atoms with E-state index in [1.54, 1.807) is 12.1 Å². The number of nitrogen functional groups attached to an aromatic ring is 1. The second-order valence-corrected chi connectivity index (χ2v) is 4.26. The number of tetrazole rings is 1. The molecule has 0 bridgehead atoms. The van der Waals surface area contributed by atoms with Crippen LogP contribution in [0, 0.1) is 0 Å². The molecule has 0 radical (unpaired) electrons. The van der Waals surface area contributed by atoms with Gasteiger partial charge in [-0.25, -0.2) is 4.68 Å². The molecule has 0 saturated carbocycles. The smallest absolute Gasteiger partial charge is 0.390 e. The van der Waals surface area contributed by atoms with Crippen molar-refractivity contribution in [3.8, 4) is 11.4 Å². The van der Waals surface area contributed by atoms with Crippen LogP contribution in [0.1, 0.15) is 6.42 Å². The lowest BCUT2D eigenvalue weighted by atomic mass is 10.1. The van der Waals surface area contributed by atoms with E-state index in [2.05, 4.69) is 15.5 Å². The van der Waals surface area contributed by atoms with Gasteiger partial charge in [0.15, 0.2) is 5.82 Å². The second kappa shape index (κ2) is 5.04. The van der Waals surface area contributed by atoms with Crippen molar-refractivity contribution in [2.75, 3.05) is 5.73 Å². The van der Waals surface area contributed by atoms with Crippen LogP contribution >= 0.6 is 11.6 Å². The van der Waals surface area contributed by atoms with E-state index >= 15 is 0 Å². The first-order chi connectivity index (χ1) is 8.87. The number of hydrogen-bond donors (Lipinski definition) is 1. The number of halogens is 4. The lowest BCUT2D eigenvalue weighted by Crippen LogP contribution is -2.14.